The lowest BCUT2D eigenvalue weighted by molar-refractivity contribution is -0.156. The maximum absolute atomic E-state index is 14.3. The standard InChI is InChI=1S/C34H43B10N5O8/c1-23-10-12-25(13-11-23)21-55-30(51)27(18-26-19-40(26)44(42(37)38)43(39)41(35)36)49(17-15-45-32(53)57-34(2,3)4)29(50)20-48-16-14-28(46-31(48)52)47-33(54)56-22-24-8-6-5-7-9-24/h5-14,16,26-28H,15,17-22H2,1-4H3,(H,45,53)(H,46,52)(H,47,54). The molecule has 0 spiro atoms. The van der Waals surface area contributed by atoms with Crippen molar-refractivity contribution in [1.82, 2.24) is 25.8 Å². The van der Waals surface area contributed by atoms with E-state index >= 15 is 0 Å². The maximum atomic E-state index is 14.3. The molecule has 23 heteroatoms. The first-order valence-corrected chi connectivity index (χ1v) is 18.9. The summed E-state index contributed by atoms with van der Waals surface area (Å²) < 4.78 is 16.4. The highest BCUT2D eigenvalue weighted by molar-refractivity contribution is 8.01. The molecule has 0 saturated carbocycles. The van der Waals surface area contributed by atoms with E-state index in [0.717, 1.165) is 21.6 Å². The fourth-order valence-electron chi connectivity index (χ4n) is 6.58. The van der Waals surface area contributed by atoms with Crippen LogP contribution >= 0.6 is 0 Å². The van der Waals surface area contributed by atoms with Crippen LogP contribution in [0.2, 0.25) is 12.1 Å². The SMILES string of the molecule is [B]B([B])B([B])B(B([B])[B])B1CC1CC(C(=O)OCc1ccc(C)cc1)N(CCNC(=O)OC(C)(C)C)C(=O)CN1C=CC(NC(=O)OCc2ccccc2)NC1=O. The van der Waals surface area contributed by atoms with E-state index in [0.29, 0.717) is 6.32 Å². The van der Waals surface area contributed by atoms with Crippen molar-refractivity contribution in [2.45, 2.75) is 77.3 Å². The number of ether oxygens (including phenoxy) is 3. The molecule has 4 rings (SSSR count). The lowest BCUT2D eigenvalue weighted by Gasteiger charge is -2.34. The first-order valence-electron chi connectivity index (χ1n) is 18.9. The van der Waals surface area contributed by atoms with Gasteiger partial charge in [0.1, 0.15) is 37.6 Å². The van der Waals surface area contributed by atoms with E-state index < -0.39 is 80.0 Å². The molecular formula is C34H43B10N5O8. The number of aryl methyl sites for hydroxylation is 1. The Morgan fingerprint density at radius 1 is 0.947 bits per heavy atom. The second kappa shape index (κ2) is 20.8. The van der Waals surface area contributed by atoms with Crippen LogP contribution in [-0.2, 0) is 37.0 Å². The summed E-state index contributed by atoms with van der Waals surface area (Å²) in [4.78, 5) is 68.9. The van der Waals surface area contributed by atoms with E-state index in [2.05, 4.69) is 16.0 Å². The third-order valence-corrected chi connectivity index (χ3v) is 9.61. The van der Waals surface area contributed by atoms with Gasteiger partial charge in [0, 0.05) is 83.5 Å². The molecule has 13 nitrogen and oxygen atoms in total. The average Bonchev–Trinajstić information content (AvgIpc) is 3.90. The zero-order valence-corrected chi connectivity index (χ0v) is 33.0. The summed E-state index contributed by atoms with van der Waals surface area (Å²) in [6.45, 7) is 6.13. The summed E-state index contributed by atoms with van der Waals surface area (Å²) in [7, 11) is 30.4. The van der Waals surface area contributed by atoms with Crippen LogP contribution in [0.5, 0.6) is 0 Å². The van der Waals surface area contributed by atoms with Crippen molar-refractivity contribution < 1.29 is 38.2 Å². The molecule has 2 heterocycles. The first-order chi connectivity index (χ1) is 26.9. The zero-order chi connectivity index (χ0) is 41.9. The molecule has 57 heavy (non-hydrogen) atoms. The summed E-state index contributed by atoms with van der Waals surface area (Å²) >= 11 is 0. The van der Waals surface area contributed by atoms with Crippen LogP contribution in [0.25, 0.3) is 0 Å². The van der Waals surface area contributed by atoms with Gasteiger partial charge in [-0.1, -0.05) is 72.3 Å². The number of alkyl carbamates (subject to hydrolysis) is 2. The molecular weight excluding hydrogens is 715 g/mol. The van der Waals surface area contributed by atoms with Crippen LogP contribution in [0, 0.1) is 6.92 Å². The van der Waals surface area contributed by atoms with Crippen molar-refractivity contribution in [3.8, 4) is 0 Å². The fourth-order valence-corrected chi connectivity index (χ4v) is 6.58. The second-order valence-electron chi connectivity index (χ2n) is 15.4. The lowest BCUT2D eigenvalue weighted by Crippen LogP contribution is -2.63. The molecule has 2 aromatic carbocycles. The third kappa shape index (κ3) is 14.5. The molecule has 0 aliphatic carbocycles. The van der Waals surface area contributed by atoms with E-state index in [1.165, 1.54) is 17.2 Å². The fraction of sp³-hybridized carbons (Fsp3) is 0.441. The van der Waals surface area contributed by atoms with E-state index in [9.17, 15) is 24.0 Å². The number of rotatable bonds is 18. The van der Waals surface area contributed by atoms with Crippen LogP contribution in [0.1, 0.15) is 43.9 Å². The Balaban J connectivity index is 1.53. The molecule has 10 radical (unpaired) electrons. The summed E-state index contributed by atoms with van der Waals surface area (Å²) in [5.74, 6) is -1.50. The molecule has 2 aliphatic heterocycles. The van der Waals surface area contributed by atoms with E-state index in [4.69, 9.17) is 52.9 Å². The number of nitrogens with one attached hydrogen (secondary N) is 3. The Hall–Kier alpha value is -4.42. The monoisotopic (exact) mass is 759 g/mol. The van der Waals surface area contributed by atoms with Gasteiger partial charge in [0.2, 0.25) is 5.91 Å². The third-order valence-electron chi connectivity index (χ3n) is 9.61. The average molecular weight is 758 g/mol. The van der Waals surface area contributed by atoms with Crippen LogP contribution in [0.4, 0.5) is 14.4 Å². The Morgan fingerprint density at radius 2 is 1.60 bits per heavy atom. The molecule has 1 fully saturated rings. The maximum Gasteiger partial charge on any atom is 0.409 e. The number of hydrogen-bond acceptors (Lipinski definition) is 8. The smallest absolute Gasteiger partial charge is 0.409 e. The van der Waals surface area contributed by atoms with Gasteiger partial charge in [0.25, 0.3) is 0 Å². The van der Waals surface area contributed by atoms with Gasteiger partial charge in [-0.15, -0.1) is 0 Å². The van der Waals surface area contributed by atoms with Crippen LogP contribution in [0.15, 0.2) is 66.9 Å². The Bertz CT molecular complexity index is 1720. The van der Waals surface area contributed by atoms with Crippen LogP contribution in [0.3, 0.4) is 0 Å². The number of amides is 5. The van der Waals surface area contributed by atoms with Crippen molar-refractivity contribution in [3.05, 3.63) is 83.6 Å². The number of carbonyl (C=O) groups is 5. The van der Waals surface area contributed by atoms with Gasteiger partial charge in [-0.25, -0.2) is 19.2 Å². The summed E-state index contributed by atoms with van der Waals surface area (Å²) in [5, 5.41) is 7.78. The van der Waals surface area contributed by atoms with Gasteiger partial charge < -0.3 is 29.7 Å². The quantitative estimate of drug-likeness (QED) is 0.113. The van der Waals surface area contributed by atoms with Crippen molar-refractivity contribution in [2.24, 2.45) is 0 Å². The highest BCUT2D eigenvalue weighted by Crippen LogP contribution is 2.44. The van der Waals surface area contributed by atoms with Crippen molar-refractivity contribution in [3.63, 3.8) is 0 Å². The Morgan fingerprint density at radius 3 is 2.21 bits per heavy atom. The summed E-state index contributed by atoms with van der Waals surface area (Å²) in [5.41, 5.74) is 1.77. The largest absolute Gasteiger partial charge is 0.459 e. The lowest BCUT2D eigenvalue weighted by atomic mass is 8.57. The van der Waals surface area contributed by atoms with Gasteiger partial charge >= 0.3 is 24.2 Å². The molecule has 2 aliphatic rings. The molecule has 5 amide bonds. The minimum Gasteiger partial charge on any atom is -0.459 e. The van der Waals surface area contributed by atoms with Gasteiger partial charge in [0.05, 0.1) is 6.60 Å². The summed E-state index contributed by atoms with van der Waals surface area (Å²) in [6, 6.07) is 14.7. The molecule has 3 atom stereocenters. The minimum absolute atomic E-state index is 0.0273. The predicted molar refractivity (Wildman–Crippen MR) is 229 cm³/mol. The van der Waals surface area contributed by atoms with Gasteiger partial charge in [-0.05, 0) is 51.3 Å². The highest BCUT2D eigenvalue weighted by Gasteiger charge is 2.52. The first kappa shape index (κ1) is 45.3. The molecule has 0 bridgehead atoms. The number of urea groups is 1. The molecule has 3 N–H and O–H groups in total. The molecule has 0 aromatic heterocycles. The number of esters is 1. The minimum atomic E-state index is -1.17. The second-order valence-corrected chi connectivity index (χ2v) is 15.4. The van der Waals surface area contributed by atoms with Crippen LogP contribution in [-0.4, -0.2) is 148 Å². The molecule has 3 unspecified atom stereocenters. The molecule has 2 aromatic rings. The highest BCUT2D eigenvalue weighted by atomic mass is 16.6. The normalized spacial score (nSPS) is 16.3. The number of benzene rings is 2. The van der Waals surface area contributed by atoms with E-state index in [-0.39, 0.29) is 45.1 Å². The Kier molecular flexibility index (Phi) is 16.6. The van der Waals surface area contributed by atoms with Crippen molar-refractivity contribution in [1.29, 1.82) is 0 Å². The van der Waals surface area contributed by atoms with Gasteiger partial charge in [0.15, 0.2) is 0 Å². The Labute approximate surface area is 344 Å². The topological polar surface area (TPSA) is 156 Å². The van der Waals surface area contributed by atoms with E-state index in [1.807, 2.05) is 49.4 Å². The number of carbonyl (C=O) groups excluding carboxylic acids is 5. The van der Waals surface area contributed by atoms with E-state index in [1.54, 1.807) is 32.9 Å². The predicted octanol–water partition coefficient (Wildman–Crippen LogP) is 0.439. The molecule has 1 saturated heterocycles. The van der Waals surface area contributed by atoms with Crippen molar-refractivity contribution >= 4 is 101 Å². The zero-order valence-electron chi connectivity index (χ0n) is 33.0. The number of nitrogens with zero attached hydrogens (tertiary/aromatic N) is 2. The van der Waals surface area contributed by atoms with Gasteiger partial charge in [-0.3, -0.25) is 15.0 Å². The van der Waals surface area contributed by atoms with Crippen molar-refractivity contribution in [2.75, 3.05) is 19.6 Å². The number of hydrogen-bond donors (Lipinski definition) is 3. The molecule has 282 valence electrons. The van der Waals surface area contributed by atoms with Crippen LogP contribution < -0.4 is 16.0 Å². The summed E-state index contributed by atoms with van der Waals surface area (Å²) in [6.07, 6.45) is -1.82. The van der Waals surface area contributed by atoms with Gasteiger partial charge in [-0.2, -0.15) is 0 Å².